The third kappa shape index (κ3) is 5.10. The Morgan fingerprint density at radius 1 is 0.521 bits per heavy atom. The molecule has 3 aromatic heterocycles. The highest BCUT2D eigenvalue weighted by molar-refractivity contribution is 6.18. The summed E-state index contributed by atoms with van der Waals surface area (Å²) < 4.78 is 54.5. The summed E-state index contributed by atoms with van der Waals surface area (Å²) in [6.07, 6.45) is 1.22. The molecule has 0 saturated carbocycles. The van der Waals surface area contributed by atoms with Gasteiger partial charge in [-0.3, -0.25) is 0 Å². The first-order valence-electron chi connectivity index (χ1n) is 12.0. The summed E-state index contributed by atoms with van der Waals surface area (Å²) in [5, 5.41) is 67.9. The first-order valence-corrected chi connectivity index (χ1v) is 12.0. The Hall–Kier alpha value is -8.67. The maximum Gasteiger partial charge on any atom is 0.307 e. The van der Waals surface area contributed by atoms with E-state index in [0.717, 1.165) is 24.3 Å². The van der Waals surface area contributed by atoms with Gasteiger partial charge in [0.2, 0.25) is 5.52 Å². The number of aromatic nitrogens is 6. The zero-order valence-electron chi connectivity index (χ0n) is 22.8. The molecule has 0 N–H and O–H groups in total. The minimum Gasteiger partial charge on any atom is -0.358 e. The zero-order valence-corrected chi connectivity index (χ0v) is 22.8. The van der Waals surface area contributed by atoms with Gasteiger partial charge in [0.15, 0.2) is 46.0 Å². The van der Waals surface area contributed by atoms with Crippen molar-refractivity contribution in [3.63, 3.8) is 0 Å². The highest BCUT2D eigenvalue weighted by atomic mass is 19.2. The molecule has 0 bridgehead atoms. The number of nitriles is 8. The van der Waals surface area contributed by atoms with Crippen molar-refractivity contribution < 1.29 is 17.6 Å². The summed E-state index contributed by atoms with van der Waals surface area (Å²) in [4.78, 5) is 28.1. The van der Waals surface area contributed by atoms with Crippen LogP contribution in [0.5, 0.6) is 0 Å². The fourth-order valence-corrected chi connectivity index (χ4v) is 3.96. The summed E-state index contributed by atoms with van der Waals surface area (Å²) in [5.74, 6) is -8.34. The number of hydrogen-bond acceptors (Lipinski definition) is 14. The van der Waals surface area contributed by atoms with Gasteiger partial charge in [-0.2, -0.15) is 42.1 Å². The van der Waals surface area contributed by atoms with E-state index in [2.05, 4.69) is 34.7 Å². The predicted octanol–water partition coefficient (Wildman–Crippen LogP) is 2.19. The molecule has 3 heterocycles. The van der Waals surface area contributed by atoms with E-state index in [9.17, 15) is 33.3 Å². The largest absolute Gasteiger partial charge is 0.358 e. The van der Waals surface area contributed by atoms with Crippen LogP contribution >= 0.6 is 0 Å². The van der Waals surface area contributed by atoms with Crippen molar-refractivity contribution in [2.75, 3.05) is 0 Å². The summed E-state index contributed by atoms with van der Waals surface area (Å²) in [5.41, 5.74) is -2.44. The molecule has 0 spiro atoms. The van der Waals surface area contributed by atoms with Gasteiger partial charge in [0, 0.05) is 0 Å². The molecular formula is C29HF4N15. The Morgan fingerprint density at radius 3 is 1.25 bits per heavy atom. The number of hydrogen-bond donors (Lipinski definition) is 0. The highest BCUT2D eigenvalue weighted by Crippen LogP contribution is 2.31. The molecule has 2 aromatic carbocycles. The number of benzene rings is 2. The maximum atomic E-state index is 13.6. The van der Waals surface area contributed by atoms with Crippen molar-refractivity contribution in [3.8, 4) is 48.6 Å². The Bertz CT molecular complexity index is 2650. The van der Waals surface area contributed by atoms with Crippen LogP contribution in [0, 0.1) is 120 Å². The SMILES string of the molecule is N#CC(C#N)=c1c(F)c(F)c(=C(C#N)C#N)c(F)c1F.[C-]#[N+]c1nc2c3ncc(C#N)nc3c3nc(C#N)c(C#N)nc3c2nc1C#N. The van der Waals surface area contributed by atoms with Crippen molar-refractivity contribution >= 4 is 50.1 Å². The van der Waals surface area contributed by atoms with Crippen LogP contribution in [0.1, 0.15) is 22.8 Å². The molecule has 0 fully saturated rings. The predicted molar refractivity (Wildman–Crippen MR) is 146 cm³/mol. The van der Waals surface area contributed by atoms with Crippen LogP contribution in [0.25, 0.3) is 49.1 Å². The van der Waals surface area contributed by atoms with Crippen LogP contribution in [-0.4, -0.2) is 29.9 Å². The third-order valence-corrected chi connectivity index (χ3v) is 5.97. The van der Waals surface area contributed by atoms with Gasteiger partial charge in [-0.05, 0) is 0 Å². The van der Waals surface area contributed by atoms with Crippen molar-refractivity contribution in [2.24, 2.45) is 0 Å². The molecule has 0 radical (unpaired) electrons. The van der Waals surface area contributed by atoms with Crippen LogP contribution in [0.2, 0.25) is 0 Å². The lowest BCUT2D eigenvalue weighted by Crippen LogP contribution is -2.31. The Morgan fingerprint density at radius 2 is 0.896 bits per heavy atom. The number of rotatable bonds is 0. The molecule has 19 heteroatoms. The molecule has 220 valence electrons. The van der Waals surface area contributed by atoms with Crippen molar-refractivity contribution in [1.29, 1.82) is 42.1 Å². The first-order chi connectivity index (χ1) is 23.1. The van der Waals surface area contributed by atoms with Gasteiger partial charge in [-0.25, -0.2) is 42.5 Å². The van der Waals surface area contributed by atoms with E-state index in [4.69, 9.17) is 32.9 Å². The highest BCUT2D eigenvalue weighted by Gasteiger charge is 2.24. The van der Waals surface area contributed by atoms with Gasteiger partial charge in [0.1, 0.15) is 87.3 Å². The normalized spacial score (nSPS) is 9.48. The molecule has 0 amide bonds. The molecule has 5 aromatic rings. The van der Waals surface area contributed by atoms with E-state index >= 15 is 0 Å². The van der Waals surface area contributed by atoms with Gasteiger partial charge in [-0.15, -0.1) is 4.98 Å². The quantitative estimate of drug-likeness (QED) is 0.102. The molecule has 48 heavy (non-hydrogen) atoms. The number of halogens is 4. The van der Waals surface area contributed by atoms with Gasteiger partial charge in [0.25, 0.3) is 0 Å². The van der Waals surface area contributed by atoms with E-state index in [1.165, 1.54) is 6.20 Å². The second kappa shape index (κ2) is 12.9. The second-order valence-corrected chi connectivity index (χ2v) is 8.43. The summed E-state index contributed by atoms with van der Waals surface area (Å²) in [6.45, 7) is 7.20. The lowest BCUT2D eigenvalue weighted by Gasteiger charge is -2.06. The maximum absolute atomic E-state index is 13.6. The van der Waals surface area contributed by atoms with Gasteiger partial charge in [0.05, 0.1) is 16.6 Å². The molecule has 0 aliphatic heterocycles. The zero-order chi connectivity index (χ0) is 35.3. The van der Waals surface area contributed by atoms with Crippen molar-refractivity contribution in [1.82, 2.24) is 29.9 Å². The standard InChI is InChI=1S/C17HN11.C12F4N4/c1-22-17-10(5-21)27-15-13(28-17)11-12(24-7(2-18)6-23-11)14-16(15)26-9(4-20)8(3-19)25-14;13-9-7(5(1-17)2-18)10(14)12(16)8(11(9)15)6(3-19)4-20/h6H;. The Labute approximate surface area is 262 Å². The molecule has 5 rings (SSSR count). The minimum atomic E-state index is -2.03. The van der Waals surface area contributed by atoms with E-state index in [1.54, 1.807) is 18.2 Å². The fraction of sp³-hybridized carbons (Fsp3) is 0. The summed E-state index contributed by atoms with van der Waals surface area (Å²) in [7, 11) is 0. The van der Waals surface area contributed by atoms with E-state index < -0.39 is 44.9 Å². The van der Waals surface area contributed by atoms with Gasteiger partial charge < -0.3 is 4.85 Å². The van der Waals surface area contributed by atoms with Crippen LogP contribution in [0.3, 0.4) is 0 Å². The van der Waals surface area contributed by atoms with Crippen LogP contribution in [-0.2, 0) is 0 Å². The minimum absolute atomic E-state index is 0.00942. The summed E-state index contributed by atoms with van der Waals surface area (Å²) >= 11 is 0. The van der Waals surface area contributed by atoms with Crippen molar-refractivity contribution in [3.05, 3.63) is 74.1 Å². The average Bonchev–Trinajstić information content (AvgIpc) is 3.13. The molecule has 0 saturated heterocycles. The van der Waals surface area contributed by atoms with Crippen LogP contribution < -0.4 is 10.4 Å². The molecular weight excluding hydrogens is 634 g/mol. The molecule has 0 aliphatic rings. The Balaban J connectivity index is 0.000000231. The number of fused-ring (bicyclic) bond motifs is 6. The van der Waals surface area contributed by atoms with Gasteiger partial charge in [-0.1, -0.05) is 6.57 Å². The lowest BCUT2D eigenvalue weighted by molar-refractivity contribution is 0.434. The Kier molecular flexibility index (Phi) is 8.67. The second-order valence-electron chi connectivity index (χ2n) is 8.43. The first kappa shape index (κ1) is 32.2. The monoisotopic (exact) mass is 635 g/mol. The van der Waals surface area contributed by atoms with E-state index in [0.29, 0.717) is 0 Å². The topological polar surface area (TPSA) is 272 Å². The van der Waals surface area contributed by atoms with E-state index in [1.807, 2.05) is 6.07 Å². The summed E-state index contributed by atoms with van der Waals surface area (Å²) in [6, 6.07) is 11.6. The van der Waals surface area contributed by atoms with Crippen LogP contribution in [0.15, 0.2) is 6.20 Å². The fourth-order valence-electron chi connectivity index (χ4n) is 3.96. The average molecular weight is 635 g/mol. The smallest absolute Gasteiger partial charge is 0.307 e. The van der Waals surface area contributed by atoms with Gasteiger partial charge >= 0.3 is 5.82 Å². The number of nitrogens with zero attached hydrogens (tertiary/aromatic N) is 15. The lowest BCUT2D eigenvalue weighted by atomic mass is 10.1. The third-order valence-electron chi connectivity index (χ3n) is 5.97. The molecule has 0 atom stereocenters. The molecule has 0 unspecified atom stereocenters. The molecule has 0 aliphatic carbocycles. The van der Waals surface area contributed by atoms with Crippen LogP contribution in [0.4, 0.5) is 23.4 Å². The molecule has 15 nitrogen and oxygen atoms in total. The van der Waals surface area contributed by atoms with Crippen molar-refractivity contribution in [2.45, 2.75) is 0 Å². The van der Waals surface area contributed by atoms with E-state index in [-0.39, 0.29) is 61.7 Å².